The van der Waals surface area contributed by atoms with E-state index < -0.39 is 16.1 Å². The molecule has 0 aliphatic carbocycles. The first-order valence-corrected chi connectivity index (χ1v) is 8.99. The summed E-state index contributed by atoms with van der Waals surface area (Å²) in [6.45, 7) is 4.07. The Hall–Kier alpha value is -1.31. The second-order valence-electron chi connectivity index (χ2n) is 5.33. The number of hydrogen-bond donors (Lipinski definition) is 1. The maximum absolute atomic E-state index is 12.3. The fourth-order valence-electron chi connectivity index (χ4n) is 2.09. The Labute approximate surface area is 130 Å². The van der Waals surface area contributed by atoms with Gasteiger partial charge < -0.3 is 0 Å². The minimum absolute atomic E-state index is 0.237. The molecule has 1 atom stereocenters. The highest BCUT2D eigenvalue weighted by molar-refractivity contribution is 7.89. The van der Waals surface area contributed by atoms with Gasteiger partial charge in [0, 0.05) is 0 Å². The molecule has 0 amide bonds. The molecule has 0 saturated carbocycles. The molecule has 1 aromatic rings. The first-order valence-electron chi connectivity index (χ1n) is 8.01. The molecule has 0 bridgehead atoms. The molecule has 0 fully saturated rings. The van der Waals surface area contributed by atoms with E-state index in [0.29, 0.717) is 6.42 Å². The van der Waals surface area contributed by atoms with Crippen molar-refractivity contribution >= 4 is 10.0 Å². The van der Waals surface area contributed by atoms with E-state index in [1.807, 2.05) is 6.92 Å². The van der Waals surface area contributed by atoms with Crippen LogP contribution in [0.4, 0.5) is 0 Å². The van der Waals surface area contributed by atoms with E-state index in [-0.39, 0.29) is 4.90 Å². The van der Waals surface area contributed by atoms with Crippen LogP contribution in [0.1, 0.15) is 52.4 Å². The van der Waals surface area contributed by atoms with Crippen LogP contribution >= 0.6 is 0 Å². The number of unbranched alkanes of at least 4 members (excludes halogenated alkanes) is 4. The number of sulfonamides is 1. The third-order valence-electron chi connectivity index (χ3n) is 3.40. The Morgan fingerprint density at radius 1 is 1.24 bits per heavy atom. The minimum atomic E-state index is -3.58. The molecule has 0 spiro atoms. The number of nitrogens with one attached hydrogen (secondary N) is 1. The van der Waals surface area contributed by atoms with Crippen molar-refractivity contribution in [3.63, 3.8) is 0 Å². The topological polar surface area (TPSA) is 46.2 Å². The van der Waals surface area contributed by atoms with Gasteiger partial charge in [-0.15, -0.1) is 6.40 Å². The Morgan fingerprint density at radius 3 is 2.52 bits per heavy atom. The van der Waals surface area contributed by atoms with Gasteiger partial charge in [-0.2, -0.15) is 4.72 Å². The van der Waals surface area contributed by atoms with Crippen LogP contribution in [0.15, 0.2) is 29.2 Å². The first kappa shape index (κ1) is 16.1. The lowest BCUT2D eigenvalue weighted by atomic mass is 10.1. The number of aryl methyl sites for hydroxylation is 1. The van der Waals surface area contributed by atoms with Gasteiger partial charge in [-0.3, -0.25) is 0 Å². The summed E-state index contributed by atoms with van der Waals surface area (Å²) in [4.78, 5) is 0.237. The van der Waals surface area contributed by atoms with E-state index in [0.717, 1.165) is 24.8 Å². The number of hydrogen-bond acceptors (Lipinski definition) is 2. The molecule has 0 aliphatic heterocycles. The molecule has 0 unspecified atom stereocenters. The molecule has 0 aliphatic rings. The van der Waals surface area contributed by atoms with Crippen LogP contribution in [0.2, 0.25) is 0 Å². The lowest BCUT2D eigenvalue weighted by Crippen LogP contribution is -2.33. The highest BCUT2D eigenvalue weighted by Gasteiger charge is 2.18. The van der Waals surface area contributed by atoms with Crippen molar-refractivity contribution in [2.75, 3.05) is 0 Å². The summed E-state index contributed by atoms with van der Waals surface area (Å²) in [7, 11) is -3.58. The average Bonchev–Trinajstić information content (AvgIpc) is 2.47. The average molecular weight is 308 g/mol. The SMILES string of the molecule is [2H]C#C[C@@H](CCCCCCC)NS(=O)(=O)c1ccc(C)cc1. The van der Waals surface area contributed by atoms with E-state index in [9.17, 15) is 8.42 Å². The number of benzene rings is 1. The van der Waals surface area contributed by atoms with Crippen molar-refractivity contribution in [3.8, 4) is 12.3 Å². The summed E-state index contributed by atoms with van der Waals surface area (Å²) in [5.41, 5.74) is 1.01. The molecule has 0 heterocycles. The van der Waals surface area contributed by atoms with Gasteiger partial charge in [-0.05, 0) is 25.5 Å². The summed E-state index contributed by atoms with van der Waals surface area (Å²) < 4.78 is 34.3. The maximum Gasteiger partial charge on any atom is 0.241 e. The van der Waals surface area contributed by atoms with Gasteiger partial charge >= 0.3 is 0 Å². The predicted octanol–water partition coefficient (Wildman–Crippen LogP) is 3.64. The van der Waals surface area contributed by atoms with Crippen LogP contribution in [0.25, 0.3) is 0 Å². The van der Waals surface area contributed by atoms with Gasteiger partial charge in [-0.25, -0.2) is 8.42 Å². The summed E-state index contributed by atoms with van der Waals surface area (Å²) >= 11 is 0. The molecule has 1 aromatic carbocycles. The van der Waals surface area contributed by atoms with Gasteiger partial charge in [0.1, 0.15) is 1.37 Å². The van der Waals surface area contributed by atoms with Crippen molar-refractivity contribution in [2.45, 2.75) is 63.3 Å². The fourth-order valence-corrected chi connectivity index (χ4v) is 3.27. The second-order valence-corrected chi connectivity index (χ2v) is 7.05. The van der Waals surface area contributed by atoms with Crippen molar-refractivity contribution in [3.05, 3.63) is 29.8 Å². The lowest BCUT2D eigenvalue weighted by Gasteiger charge is -2.13. The quantitative estimate of drug-likeness (QED) is 0.559. The van der Waals surface area contributed by atoms with Gasteiger partial charge in [0.15, 0.2) is 0 Å². The van der Waals surface area contributed by atoms with Crippen LogP contribution in [0.5, 0.6) is 0 Å². The highest BCUT2D eigenvalue weighted by Crippen LogP contribution is 2.13. The summed E-state index contributed by atoms with van der Waals surface area (Å²) in [5, 5.41) is 0. The molecule has 1 N–H and O–H groups in total. The largest absolute Gasteiger partial charge is 0.241 e. The molecule has 4 heteroatoms. The fraction of sp³-hybridized carbons (Fsp3) is 0.529. The van der Waals surface area contributed by atoms with E-state index in [4.69, 9.17) is 1.37 Å². The van der Waals surface area contributed by atoms with Crippen LogP contribution in [-0.4, -0.2) is 14.5 Å². The van der Waals surface area contributed by atoms with Crippen LogP contribution in [0.3, 0.4) is 0 Å². The Kier molecular flexibility index (Phi) is 6.78. The smallest absolute Gasteiger partial charge is 0.207 e. The van der Waals surface area contributed by atoms with Crippen LogP contribution in [0, 0.1) is 19.2 Å². The summed E-state index contributed by atoms with van der Waals surface area (Å²) in [6, 6.07) is 6.22. The minimum Gasteiger partial charge on any atom is -0.207 e. The van der Waals surface area contributed by atoms with E-state index in [1.54, 1.807) is 24.3 Å². The monoisotopic (exact) mass is 308 g/mol. The molecule has 0 radical (unpaired) electrons. The normalized spacial score (nSPS) is 13.1. The molecule has 21 heavy (non-hydrogen) atoms. The first-order chi connectivity index (χ1) is 10.5. The Morgan fingerprint density at radius 2 is 1.90 bits per heavy atom. The van der Waals surface area contributed by atoms with E-state index >= 15 is 0 Å². The van der Waals surface area contributed by atoms with E-state index in [1.165, 1.54) is 12.8 Å². The van der Waals surface area contributed by atoms with Crippen molar-refractivity contribution in [1.82, 2.24) is 4.72 Å². The predicted molar refractivity (Wildman–Crippen MR) is 87.5 cm³/mol. The molecular formula is C17H25NO2S. The van der Waals surface area contributed by atoms with Gasteiger partial charge in [0.2, 0.25) is 10.0 Å². The number of terminal acetylenes is 1. The molecular weight excluding hydrogens is 282 g/mol. The standard InChI is InChI=1S/C17H25NO2S/c1-4-6-7-8-9-10-16(5-2)18-21(19,20)17-13-11-15(3)12-14-17/h2,11-14,16,18H,4,6-10H2,1,3H3/t16-/m0/s1/i2D. The lowest BCUT2D eigenvalue weighted by molar-refractivity contribution is 0.544. The Balaban J connectivity index is 2.64. The molecule has 116 valence electrons. The maximum atomic E-state index is 12.3. The zero-order valence-electron chi connectivity index (χ0n) is 13.9. The molecule has 0 aromatic heterocycles. The highest BCUT2D eigenvalue weighted by atomic mass is 32.2. The van der Waals surface area contributed by atoms with Crippen LogP contribution < -0.4 is 4.72 Å². The van der Waals surface area contributed by atoms with Crippen LogP contribution in [-0.2, 0) is 10.0 Å². The van der Waals surface area contributed by atoms with Crippen molar-refractivity contribution in [1.29, 1.82) is 0 Å². The third kappa shape index (κ3) is 6.33. The summed E-state index contributed by atoms with van der Waals surface area (Å²) in [6.07, 6.45) is 8.22. The Bertz CT molecular complexity index is 600. The zero-order chi connectivity index (χ0) is 16.4. The van der Waals surface area contributed by atoms with E-state index in [2.05, 4.69) is 24.0 Å². The third-order valence-corrected chi connectivity index (χ3v) is 4.89. The zero-order valence-corrected chi connectivity index (χ0v) is 13.7. The van der Waals surface area contributed by atoms with Crippen molar-refractivity contribution < 1.29 is 9.79 Å². The number of rotatable bonds is 9. The van der Waals surface area contributed by atoms with Gasteiger partial charge in [0.05, 0.1) is 10.9 Å². The molecule has 0 saturated heterocycles. The van der Waals surface area contributed by atoms with Gasteiger partial charge in [-0.1, -0.05) is 62.6 Å². The molecule has 1 rings (SSSR count). The van der Waals surface area contributed by atoms with Gasteiger partial charge in [0.25, 0.3) is 0 Å². The second kappa shape index (κ2) is 8.86. The molecule has 3 nitrogen and oxygen atoms in total. The summed E-state index contributed by atoms with van der Waals surface area (Å²) in [5.74, 6) is 2.64. The van der Waals surface area contributed by atoms with Crippen molar-refractivity contribution in [2.24, 2.45) is 0 Å².